The second kappa shape index (κ2) is 12.3. The van der Waals surface area contributed by atoms with E-state index in [0.717, 1.165) is 10.5 Å². The summed E-state index contributed by atoms with van der Waals surface area (Å²) in [6.45, 7) is 1.57. The minimum Gasteiger partial charge on any atom is -0.493 e. The van der Waals surface area contributed by atoms with Gasteiger partial charge < -0.3 is 20.1 Å². The molecule has 0 aromatic heterocycles. The molecular formula is C28H25ClN4O7. The van der Waals surface area contributed by atoms with Gasteiger partial charge in [-0.1, -0.05) is 36.7 Å². The van der Waals surface area contributed by atoms with E-state index in [-0.39, 0.29) is 34.5 Å². The number of nitrogens with one attached hydrogen (secondary N) is 2. The highest BCUT2D eigenvalue weighted by molar-refractivity contribution is 6.32. The largest absolute Gasteiger partial charge is 0.493 e. The van der Waals surface area contributed by atoms with Crippen molar-refractivity contribution in [2.75, 3.05) is 19.0 Å². The zero-order chi connectivity index (χ0) is 28.8. The molecule has 1 heterocycles. The molecule has 0 saturated carbocycles. The molecule has 2 N–H and O–H groups in total. The standard InChI is InChI=1S/C28H25ClN4O7/c1-3-19-6-4-5-7-22(19)30-25(34)15-32-27(35)23(31-28(32)36)13-18-12-21(29)26(24(14-18)39-2)40-16-17-8-10-20(11-9-17)33(37)38/h4-14H,3,15-16H2,1-2H3,(H,30,34)(H,31,36)/b23-13+. The maximum atomic E-state index is 12.9. The number of para-hydroxylation sites is 1. The van der Waals surface area contributed by atoms with Crippen molar-refractivity contribution in [1.29, 1.82) is 0 Å². The molecule has 0 atom stereocenters. The van der Waals surface area contributed by atoms with Crippen LogP contribution in [0.1, 0.15) is 23.6 Å². The zero-order valence-electron chi connectivity index (χ0n) is 21.6. The molecule has 0 aliphatic carbocycles. The molecule has 0 spiro atoms. The molecule has 1 aliphatic heterocycles. The molecule has 12 heteroatoms. The van der Waals surface area contributed by atoms with Gasteiger partial charge in [-0.05, 0) is 59.5 Å². The van der Waals surface area contributed by atoms with Crippen molar-refractivity contribution < 1.29 is 28.8 Å². The van der Waals surface area contributed by atoms with Gasteiger partial charge in [-0.25, -0.2) is 9.69 Å². The Kier molecular flexibility index (Phi) is 8.65. The number of carbonyl (C=O) groups excluding carboxylic acids is 3. The summed E-state index contributed by atoms with van der Waals surface area (Å²) in [6.07, 6.45) is 2.12. The number of urea groups is 1. The van der Waals surface area contributed by atoms with Gasteiger partial charge in [0.05, 0.1) is 17.1 Å². The summed E-state index contributed by atoms with van der Waals surface area (Å²) < 4.78 is 11.2. The van der Waals surface area contributed by atoms with E-state index in [4.69, 9.17) is 21.1 Å². The summed E-state index contributed by atoms with van der Waals surface area (Å²) in [5.74, 6) is -0.677. The molecule has 4 amide bonds. The first kappa shape index (κ1) is 28.1. The van der Waals surface area contributed by atoms with Crippen LogP contribution in [0.3, 0.4) is 0 Å². The predicted molar refractivity (Wildman–Crippen MR) is 148 cm³/mol. The van der Waals surface area contributed by atoms with Crippen molar-refractivity contribution in [2.45, 2.75) is 20.0 Å². The maximum Gasteiger partial charge on any atom is 0.329 e. The van der Waals surface area contributed by atoms with Crippen LogP contribution in [0.4, 0.5) is 16.2 Å². The van der Waals surface area contributed by atoms with E-state index in [1.165, 1.54) is 31.4 Å². The Balaban J connectivity index is 1.46. The number of nitro groups is 1. The zero-order valence-corrected chi connectivity index (χ0v) is 22.4. The third kappa shape index (κ3) is 6.38. The molecule has 3 aromatic carbocycles. The lowest BCUT2D eigenvalue weighted by atomic mass is 10.1. The Bertz CT molecular complexity index is 1500. The van der Waals surface area contributed by atoms with E-state index in [2.05, 4.69) is 10.6 Å². The van der Waals surface area contributed by atoms with E-state index in [1.807, 2.05) is 19.1 Å². The molecule has 1 saturated heterocycles. The molecule has 1 aliphatic rings. The Morgan fingerprint density at radius 3 is 2.55 bits per heavy atom. The smallest absolute Gasteiger partial charge is 0.329 e. The third-order valence-corrected chi connectivity index (χ3v) is 6.31. The van der Waals surface area contributed by atoms with Gasteiger partial charge in [-0.3, -0.25) is 19.7 Å². The summed E-state index contributed by atoms with van der Waals surface area (Å²) in [5.41, 5.74) is 2.60. The molecule has 0 bridgehead atoms. The molecule has 3 aromatic rings. The van der Waals surface area contributed by atoms with Gasteiger partial charge >= 0.3 is 6.03 Å². The SMILES string of the molecule is CCc1ccccc1NC(=O)CN1C(=O)N/C(=C/c2cc(Cl)c(OCc3ccc([N+](=O)[O-])cc3)c(OC)c2)C1=O. The summed E-state index contributed by atoms with van der Waals surface area (Å²) in [7, 11) is 1.42. The van der Waals surface area contributed by atoms with E-state index in [1.54, 1.807) is 30.3 Å². The fraction of sp³-hybridized carbons (Fsp3) is 0.179. The molecule has 0 unspecified atom stereocenters. The molecule has 4 rings (SSSR count). The van der Waals surface area contributed by atoms with Gasteiger partial charge in [0.25, 0.3) is 11.6 Å². The monoisotopic (exact) mass is 564 g/mol. The van der Waals surface area contributed by atoms with Gasteiger partial charge in [0, 0.05) is 17.8 Å². The number of benzene rings is 3. The number of nitro benzene ring substituents is 1. The number of ether oxygens (including phenoxy) is 2. The number of non-ortho nitro benzene ring substituents is 1. The van der Waals surface area contributed by atoms with Crippen molar-refractivity contribution in [3.8, 4) is 11.5 Å². The third-order valence-electron chi connectivity index (χ3n) is 6.03. The van der Waals surface area contributed by atoms with E-state index in [0.29, 0.717) is 23.2 Å². The van der Waals surface area contributed by atoms with E-state index < -0.39 is 29.3 Å². The van der Waals surface area contributed by atoms with Crippen molar-refractivity contribution >= 4 is 46.9 Å². The van der Waals surface area contributed by atoms with Crippen LogP contribution in [0.25, 0.3) is 6.08 Å². The van der Waals surface area contributed by atoms with Gasteiger partial charge in [0.15, 0.2) is 11.5 Å². The number of halogens is 1. The van der Waals surface area contributed by atoms with E-state index in [9.17, 15) is 24.5 Å². The lowest BCUT2D eigenvalue weighted by Crippen LogP contribution is -2.38. The number of amides is 4. The maximum absolute atomic E-state index is 12.9. The van der Waals surface area contributed by atoms with Gasteiger partial charge in [0.2, 0.25) is 5.91 Å². The molecule has 1 fully saturated rings. The minimum absolute atomic E-state index is 0.0358. The van der Waals surface area contributed by atoms with Gasteiger partial charge in [0.1, 0.15) is 18.8 Å². The second-order valence-electron chi connectivity index (χ2n) is 8.68. The first-order valence-corrected chi connectivity index (χ1v) is 12.5. The Morgan fingerprint density at radius 1 is 1.15 bits per heavy atom. The highest BCUT2D eigenvalue weighted by atomic mass is 35.5. The highest BCUT2D eigenvalue weighted by Crippen LogP contribution is 2.37. The Morgan fingerprint density at radius 2 is 1.88 bits per heavy atom. The van der Waals surface area contributed by atoms with Crippen molar-refractivity contribution in [1.82, 2.24) is 10.2 Å². The van der Waals surface area contributed by atoms with E-state index >= 15 is 0 Å². The predicted octanol–water partition coefficient (Wildman–Crippen LogP) is 4.93. The number of methoxy groups -OCH3 is 1. The lowest BCUT2D eigenvalue weighted by molar-refractivity contribution is -0.384. The molecule has 11 nitrogen and oxygen atoms in total. The first-order valence-electron chi connectivity index (χ1n) is 12.2. The van der Waals surface area contributed by atoms with Crippen molar-refractivity contribution in [3.05, 3.63) is 98.2 Å². The summed E-state index contributed by atoms with van der Waals surface area (Å²) in [5, 5.41) is 16.2. The average Bonchev–Trinajstić information content (AvgIpc) is 3.19. The van der Waals surface area contributed by atoms with Crippen molar-refractivity contribution in [2.24, 2.45) is 0 Å². The van der Waals surface area contributed by atoms with Crippen molar-refractivity contribution in [3.63, 3.8) is 0 Å². The van der Waals surface area contributed by atoms with Crippen LogP contribution in [-0.4, -0.2) is 41.3 Å². The van der Waals surface area contributed by atoms with Crippen LogP contribution in [0.15, 0.2) is 66.4 Å². The number of imide groups is 1. The molecule has 0 radical (unpaired) electrons. The summed E-state index contributed by atoms with van der Waals surface area (Å²) >= 11 is 6.44. The van der Waals surface area contributed by atoms with Crippen LogP contribution < -0.4 is 20.1 Å². The van der Waals surface area contributed by atoms with Crippen LogP contribution in [0.2, 0.25) is 5.02 Å². The summed E-state index contributed by atoms with van der Waals surface area (Å²) in [4.78, 5) is 49.2. The number of rotatable bonds is 10. The van der Waals surface area contributed by atoms with Crippen LogP contribution in [0.5, 0.6) is 11.5 Å². The lowest BCUT2D eigenvalue weighted by Gasteiger charge is -2.14. The normalized spacial score (nSPS) is 13.8. The molecule has 40 heavy (non-hydrogen) atoms. The second-order valence-corrected chi connectivity index (χ2v) is 9.09. The molecular weight excluding hydrogens is 540 g/mol. The number of carbonyl (C=O) groups is 3. The molecule has 206 valence electrons. The number of aryl methyl sites for hydroxylation is 1. The first-order chi connectivity index (χ1) is 19.2. The summed E-state index contributed by atoms with van der Waals surface area (Å²) in [6, 6.07) is 15.5. The highest BCUT2D eigenvalue weighted by Gasteiger charge is 2.35. The number of anilines is 1. The Hall–Kier alpha value is -4.90. The quantitative estimate of drug-likeness (QED) is 0.154. The fourth-order valence-electron chi connectivity index (χ4n) is 4.00. The topological polar surface area (TPSA) is 140 Å². The average molecular weight is 565 g/mol. The van der Waals surface area contributed by atoms with Crippen LogP contribution in [-0.2, 0) is 22.6 Å². The number of hydrogen-bond acceptors (Lipinski definition) is 7. The fourth-order valence-corrected chi connectivity index (χ4v) is 4.27. The number of hydrogen-bond donors (Lipinski definition) is 2. The number of nitrogens with zero attached hydrogens (tertiary/aromatic N) is 2. The van der Waals surface area contributed by atoms with Crippen LogP contribution in [0, 0.1) is 10.1 Å². The minimum atomic E-state index is -0.726. The van der Waals surface area contributed by atoms with Gasteiger partial charge in [-0.2, -0.15) is 0 Å². The van der Waals surface area contributed by atoms with Crippen LogP contribution >= 0.6 is 11.6 Å². The Labute approximate surface area is 234 Å². The van der Waals surface area contributed by atoms with Gasteiger partial charge in [-0.15, -0.1) is 0 Å².